The van der Waals surface area contributed by atoms with Gasteiger partial charge in [-0.1, -0.05) is 6.07 Å². The van der Waals surface area contributed by atoms with Crippen molar-refractivity contribution in [2.75, 3.05) is 6.61 Å². The minimum Gasteiger partial charge on any atom is -0.367 e. The number of benzene rings is 1. The number of rotatable bonds is 1. The monoisotopic (exact) mass is 230 g/mol. The lowest BCUT2D eigenvalue weighted by Crippen LogP contribution is -2.21. The molecule has 0 radical (unpaired) electrons. The van der Waals surface area contributed by atoms with Crippen LogP contribution in [0.15, 0.2) is 12.1 Å². The molecule has 2 aromatic rings. The molecule has 1 aromatic carbocycles. The van der Waals surface area contributed by atoms with Crippen molar-refractivity contribution in [2.24, 2.45) is 0 Å². The molecule has 17 heavy (non-hydrogen) atoms. The number of fused-ring (bicyclic) bond motifs is 1. The number of hydrogen-bond acceptors (Lipinski definition) is 2. The van der Waals surface area contributed by atoms with Gasteiger partial charge in [-0.3, -0.25) is 0 Å². The van der Waals surface area contributed by atoms with E-state index in [2.05, 4.69) is 37.9 Å². The number of nitrogens with zero attached hydrogens (tertiary/aromatic N) is 1. The molecule has 0 saturated carbocycles. The predicted octanol–water partition coefficient (Wildman–Crippen LogP) is 3.21. The average molecular weight is 230 g/mol. The van der Waals surface area contributed by atoms with Crippen molar-refractivity contribution in [1.82, 2.24) is 9.97 Å². The van der Waals surface area contributed by atoms with Crippen molar-refractivity contribution < 1.29 is 4.74 Å². The molecule has 1 unspecified atom stereocenters. The topological polar surface area (TPSA) is 37.9 Å². The summed E-state index contributed by atoms with van der Waals surface area (Å²) in [6.07, 6.45) is 2.16. The van der Waals surface area contributed by atoms with E-state index in [-0.39, 0.29) is 5.60 Å². The van der Waals surface area contributed by atoms with Crippen LogP contribution in [-0.2, 0) is 10.3 Å². The average Bonchev–Trinajstić information content (AvgIpc) is 2.84. The summed E-state index contributed by atoms with van der Waals surface area (Å²) in [5.74, 6) is 0.971. The van der Waals surface area contributed by atoms with Gasteiger partial charge >= 0.3 is 0 Å². The maximum absolute atomic E-state index is 5.83. The lowest BCUT2D eigenvalue weighted by atomic mass is 10.0. The third-order valence-corrected chi connectivity index (χ3v) is 3.64. The van der Waals surface area contributed by atoms with Gasteiger partial charge in [-0.2, -0.15) is 0 Å². The Morgan fingerprint density at radius 1 is 1.35 bits per heavy atom. The Morgan fingerprint density at radius 3 is 2.88 bits per heavy atom. The van der Waals surface area contributed by atoms with Crippen LogP contribution in [0.4, 0.5) is 0 Å². The fraction of sp³-hybridized carbons (Fsp3) is 0.500. The molecule has 1 N–H and O–H groups in total. The summed E-state index contributed by atoms with van der Waals surface area (Å²) in [4.78, 5) is 8.15. The number of hydrogen-bond donors (Lipinski definition) is 1. The van der Waals surface area contributed by atoms with E-state index in [0.717, 1.165) is 36.3 Å². The van der Waals surface area contributed by atoms with Crippen molar-refractivity contribution in [2.45, 2.75) is 39.2 Å². The van der Waals surface area contributed by atoms with Gasteiger partial charge in [0.25, 0.3) is 0 Å². The lowest BCUT2D eigenvalue weighted by molar-refractivity contribution is 0.0103. The first kappa shape index (κ1) is 10.8. The second kappa shape index (κ2) is 3.57. The summed E-state index contributed by atoms with van der Waals surface area (Å²) < 4.78 is 5.83. The zero-order valence-electron chi connectivity index (χ0n) is 10.6. The summed E-state index contributed by atoms with van der Waals surface area (Å²) in [5.41, 5.74) is 4.46. The van der Waals surface area contributed by atoms with Gasteiger partial charge in [0.15, 0.2) is 0 Å². The Kier molecular flexibility index (Phi) is 2.26. The van der Waals surface area contributed by atoms with Gasteiger partial charge in [-0.25, -0.2) is 4.98 Å². The van der Waals surface area contributed by atoms with Crippen LogP contribution in [0.2, 0.25) is 0 Å². The summed E-state index contributed by atoms with van der Waals surface area (Å²) in [6.45, 7) is 7.18. The van der Waals surface area contributed by atoms with Crippen LogP contribution in [0.1, 0.15) is 36.7 Å². The van der Waals surface area contributed by atoms with E-state index in [1.807, 2.05) is 0 Å². The van der Waals surface area contributed by atoms with E-state index in [9.17, 15) is 0 Å². The van der Waals surface area contributed by atoms with E-state index in [1.165, 1.54) is 11.1 Å². The molecular weight excluding hydrogens is 212 g/mol. The fourth-order valence-corrected chi connectivity index (χ4v) is 2.69. The van der Waals surface area contributed by atoms with E-state index in [4.69, 9.17) is 9.72 Å². The normalized spacial score (nSPS) is 24.6. The summed E-state index contributed by atoms with van der Waals surface area (Å²) >= 11 is 0. The molecule has 90 valence electrons. The van der Waals surface area contributed by atoms with Gasteiger partial charge in [-0.05, 0) is 50.8 Å². The molecule has 1 aliphatic heterocycles. The number of imidazole rings is 1. The Bertz CT molecular complexity index is 565. The zero-order chi connectivity index (χ0) is 12.0. The highest BCUT2D eigenvalue weighted by Gasteiger charge is 2.34. The number of ether oxygens (including phenoxy) is 1. The Balaban J connectivity index is 2.16. The Morgan fingerprint density at radius 2 is 2.18 bits per heavy atom. The Hall–Kier alpha value is -1.35. The van der Waals surface area contributed by atoms with Crippen LogP contribution in [0.25, 0.3) is 11.0 Å². The van der Waals surface area contributed by atoms with Gasteiger partial charge in [0, 0.05) is 6.61 Å². The molecule has 1 saturated heterocycles. The van der Waals surface area contributed by atoms with Crippen LogP contribution < -0.4 is 0 Å². The number of aryl methyl sites for hydroxylation is 2. The Labute approximate surface area is 101 Å². The molecule has 3 nitrogen and oxygen atoms in total. The summed E-state index contributed by atoms with van der Waals surface area (Å²) in [5, 5.41) is 0. The van der Waals surface area contributed by atoms with Crippen molar-refractivity contribution in [3.8, 4) is 0 Å². The second-order valence-electron chi connectivity index (χ2n) is 5.25. The molecule has 1 aliphatic rings. The minimum absolute atomic E-state index is 0.223. The molecule has 2 heterocycles. The molecule has 0 spiro atoms. The van der Waals surface area contributed by atoms with Crippen molar-refractivity contribution >= 4 is 11.0 Å². The van der Waals surface area contributed by atoms with Gasteiger partial charge < -0.3 is 9.72 Å². The fourth-order valence-electron chi connectivity index (χ4n) is 2.69. The number of nitrogens with one attached hydrogen (secondary N) is 1. The quantitative estimate of drug-likeness (QED) is 0.817. The first-order chi connectivity index (χ1) is 8.08. The van der Waals surface area contributed by atoms with Crippen LogP contribution in [0.5, 0.6) is 0 Å². The predicted molar refractivity (Wildman–Crippen MR) is 68.1 cm³/mol. The first-order valence-corrected chi connectivity index (χ1v) is 6.20. The molecule has 1 aromatic heterocycles. The van der Waals surface area contributed by atoms with Crippen LogP contribution in [-0.4, -0.2) is 16.6 Å². The third kappa shape index (κ3) is 1.65. The smallest absolute Gasteiger partial charge is 0.139 e. The van der Waals surface area contributed by atoms with E-state index >= 15 is 0 Å². The van der Waals surface area contributed by atoms with Crippen LogP contribution >= 0.6 is 0 Å². The van der Waals surface area contributed by atoms with Crippen molar-refractivity contribution in [3.63, 3.8) is 0 Å². The lowest BCUT2D eigenvalue weighted by Gasteiger charge is -2.19. The van der Waals surface area contributed by atoms with Crippen molar-refractivity contribution in [3.05, 3.63) is 29.1 Å². The summed E-state index contributed by atoms with van der Waals surface area (Å²) in [7, 11) is 0. The summed E-state index contributed by atoms with van der Waals surface area (Å²) in [6, 6.07) is 4.32. The highest BCUT2D eigenvalue weighted by atomic mass is 16.5. The maximum atomic E-state index is 5.83. The highest BCUT2D eigenvalue weighted by Crippen LogP contribution is 2.35. The highest BCUT2D eigenvalue weighted by molar-refractivity contribution is 5.79. The van der Waals surface area contributed by atoms with Crippen LogP contribution in [0, 0.1) is 13.8 Å². The van der Waals surface area contributed by atoms with Gasteiger partial charge in [0.05, 0.1) is 11.0 Å². The SMILES string of the molecule is Cc1cc(C)c2nc(C3(C)CCCO3)[nH]c2c1. The maximum Gasteiger partial charge on any atom is 0.139 e. The van der Waals surface area contributed by atoms with Gasteiger partial charge in [0.2, 0.25) is 0 Å². The first-order valence-electron chi connectivity index (χ1n) is 6.20. The molecule has 0 bridgehead atoms. The minimum atomic E-state index is -0.223. The molecule has 3 rings (SSSR count). The van der Waals surface area contributed by atoms with Crippen molar-refractivity contribution in [1.29, 1.82) is 0 Å². The molecular formula is C14H18N2O. The van der Waals surface area contributed by atoms with Crippen LogP contribution in [0.3, 0.4) is 0 Å². The van der Waals surface area contributed by atoms with Gasteiger partial charge in [-0.15, -0.1) is 0 Å². The van der Waals surface area contributed by atoms with E-state index < -0.39 is 0 Å². The molecule has 1 fully saturated rings. The molecule has 3 heteroatoms. The van der Waals surface area contributed by atoms with E-state index in [1.54, 1.807) is 0 Å². The molecule has 1 atom stereocenters. The number of H-pyrrole nitrogens is 1. The molecule has 0 amide bonds. The number of aromatic nitrogens is 2. The molecule has 0 aliphatic carbocycles. The van der Waals surface area contributed by atoms with E-state index in [0.29, 0.717) is 0 Å². The standard InChI is InChI=1S/C14H18N2O/c1-9-7-10(2)12-11(8-9)15-13(16-12)14(3)5-4-6-17-14/h7-8H,4-6H2,1-3H3,(H,15,16). The zero-order valence-corrected chi connectivity index (χ0v) is 10.6. The number of aromatic amines is 1. The third-order valence-electron chi connectivity index (χ3n) is 3.64. The largest absolute Gasteiger partial charge is 0.367 e. The second-order valence-corrected chi connectivity index (χ2v) is 5.25. The van der Waals surface area contributed by atoms with Gasteiger partial charge in [0.1, 0.15) is 11.4 Å².